The average Bonchev–Trinajstić information content (AvgIpc) is 3.59. The summed E-state index contributed by atoms with van der Waals surface area (Å²) in [6.45, 7) is 3.49. The minimum absolute atomic E-state index is 0.0116. The fraction of sp³-hybridized carbons (Fsp3) is 0.360. The van der Waals surface area contributed by atoms with E-state index in [1.165, 1.54) is 11.1 Å². The number of likely N-dealkylation sites (tertiary alicyclic amines) is 1. The molecular weight excluding hydrogens is 404 g/mol. The van der Waals surface area contributed by atoms with Crippen LogP contribution in [0.2, 0.25) is 0 Å². The summed E-state index contributed by atoms with van der Waals surface area (Å²) in [7, 11) is 1.68. The first-order valence-electron chi connectivity index (χ1n) is 11.2. The van der Waals surface area contributed by atoms with Crippen LogP contribution < -0.4 is 4.74 Å². The van der Waals surface area contributed by atoms with Crippen molar-refractivity contribution < 1.29 is 14.3 Å². The first-order chi connectivity index (χ1) is 15.6. The van der Waals surface area contributed by atoms with Gasteiger partial charge in [-0.25, -0.2) is 0 Å². The highest BCUT2D eigenvalue weighted by atomic mass is 16.5. The van der Waals surface area contributed by atoms with Crippen molar-refractivity contribution in [3.05, 3.63) is 59.6 Å². The molecule has 0 spiro atoms. The maximum atomic E-state index is 12.8. The Kier molecular flexibility index (Phi) is 5.57. The minimum atomic E-state index is -0.0116. The molecule has 1 amide bonds. The van der Waals surface area contributed by atoms with Crippen LogP contribution in [0.25, 0.3) is 16.5 Å². The van der Waals surface area contributed by atoms with Gasteiger partial charge in [0.05, 0.1) is 13.7 Å². The highest BCUT2D eigenvalue weighted by Crippen LogP contribution is 2.31. The van der Waals surface area contributed by atoms with E-state index >= 15 is 0 Å². The standard InChI is InChI=1S/C25H28N4O3/c1-32-19-4-5-22-20(13-19)21(15-27-22)17-6-10-28(11-7-17)16-24(30)18-12-23(26-14-18)25(31)29-8-2-3-9-29/h4-6,12-15,26-27H,2-3,7-11,16H2,1H3. The van der Waals surface area contributed by atoms with Crippen molar-refractivity contribution in [1.82, 2.24) is 19.8 Å². The molecule has 3 aromatic rings. The van der Waals surface area contributed by atoms with Crippen molar-refractivity contribution in [3.63, 3.8) is 0 Å². The number of aromatic amines is 2. The summed E-state index contributed by atoms with van der Waals surface area (Å²) < 4.78 is 5.38. The lowest BCUT2D eigenvalue weighted by molar-refractivity contribution is 0.0787. The molecule has 4 heterocycles. The van der Waals surface area contributed by atoms with E-state index in [9.17, 15) is 9.59 Å². The summed E-state index contributed by atoms with van der Waals surface area (Å²) in [4.78, 5) is 35.6. The number of benzene rings is 1. The molecular formula is C25H28N4O3. The number of carbonyl (C=O) groups excluding carboxylic acids is 2. The Morgan fingerprint density at radius 1 is 1.06 bits per heavy atom. The summed E-state index contributed by atoms with van der Waals surface area (Å²) in [6.07, 6.45) is 8.90. The van der Waals surface area contributed by atoms with Crippen LogP contribution in [0.4, 0.5) is 0 Å². The monoisotopic (exact) mass is 432 g/mol. The lowest BCUT2D eigenvalue weighted by Crippen LogP contribution is -2.33. The third-order valence-corrected chi connectivity index (χ3v) is 6.52. The molecule has 5 rings (SSSR count). The smallest absolute Gasteiger partial charge is 0.270 e. The quantitative estimate of drug-likeness (QED) is 0.582. The van der Waals surface area contributed by atoms with Crippen molar-refractivity contribution in [1.29, 1.82) is 0 Å². The summed E-state index contributed by atoms with van der Waals surface area (Å²) >= 11 is 0. The van der Waals surface area contributed by atoms with Crippen molar-refractivity contribution in [2.75, 3.05) is 39.8 Å². The van der Waals surface area contributed by atoms with Gasteiger partial charge < -0.3 is 19.6 Å². The molecule has 0 aliphatic carbocycles. The Hall–Kier alpha value is -3.32. The van der Waals surface area contributed by atoms with Crippen LogP contribution in [-0.2, 0) is 0 Å². The largest absolute Gasteiger partial charge is 0.497 e. The van der Waals surface area contributed by atoms with E-state index in [4.69, 9.17) is 4.74 Å². The van der Waals surface area contributed by atoms with Gasteiger partial charge in [-0.2, -0.15) is 0 Å². The Labute approximate surface area is 187 Å². The van der Waals surface area contributed by atoms with Gasteiger partial charge in [0, 0.05) is 60.6 Å². The average molecular weight is 433 g/mol. The molecule has 0 bridgehead atoms. The van der Waals surface area contributed by atoms with Gasteiger partial charge in [-0.1, -0.05) is 6.08 Å². The molecule has 0 saturated carbocycles. The zero-order valence-corrected chi connectivity index (χ0v) is 18.3. The number of nitrogens with zero attached hydrogens (tertiary/aromatic N) is 2. The van der Waals surface area contributed by atoms with Gasteiger partial charge >= 0.3 is 0 Å². The molecule has 2 N–H and O–H groups in total. The zero-order valence-electron chi connectivity index (χ0n) is 18.3. The Balaban J connectivity index is 1.23. The fourth-order valence-electron chi connectivity index (χ4n) is 4.66. The molecule has 32 heavy (non-hydrogen) atoms. The van der Waals surface area contributed by atoms with Crippen LogP contribution in [0.15, 0.2) is 42.7 Å². The molecule has 2 aliphatic rings. The second kappa shape index (κ2) is 8.67. The van der Waals surface area contributed by atoms with Gasteiger partial charge in [-0.3, -0.25) is 14.5 Å². The number of ether oxygens (including phenoxy) is 1. The second-order valence-electron chi connectivity index (χ2n) is 8.55. The van der Waals surface area contributed by atoms with E-state index in [1.54, 1.807) is 19.4 Å². The van der Waals surface area contributed by atoms with Crippen LogP contribution in [0, 0.1) is 0 Å². The molecule has 0 radical (unpaired) electrons. The van der Waals surface area contributed by atoms with Crippen molar-refractivity contribution in [2.45, 2.75) is 19.3 Å². The molecule has 1 aromatic carbocycles. The number of amides is 1. The van der Waals surface area contributed by atoms with Crippen LogP contribution >= 0.6 is 0 Å². The molecule has 166 valence electrons. The number of rotatable bonds is 6. The summed E-state index contributed by atoms with van der Waals surface area (Å²) in [5.41, 5.74) is 4.65. The number of carbonyl (C=O) groups is 2. The molecule has 2 aromatic heterocycles. The van der Waals surface area contributed by atoms with Gasteiger partial charge in [-0.15, -0.1) is 0 Å². The SMILES string of the molecule is COc1ccc2[nH]cc(C3=CCN(CC(=O)c4c[nH]c(C(=O)N5CCCC5)c4)CC3)c2c1. The zero-order chi connectivity index (χ0) is 22.1. The molecule has 7 heteroatoms. The highest BCUT2D eigenvalue weighted by Gasteiger charge is 2.23. The number of nitrogens with one attached hydrogen (secondary N) is 2. The Bertz CT molecular complexity index is 1180. The van der Waals surface area contributed by atoms with E-state index in [2.05, 4.69) is 33.2 Å². The molecule has 1 saturated heterocycles. The minimum Gasteiger partial charge on any atom is -0.497 e. The number of methoxy groups -OCH3 is 1. The maximum absolute atomic E-state index is 12.8. The number of hydrogen-bond acceptors (Lipinski definition) is 4. The fourth-order valence-corrected chi connectivity index (χ4v) is 4.66. The number of fused-ring (bicyclic) bond motifs is 1. The lowest BCUT2D eigenvalue weighted by Gasteiger charge is -2.25. The number of Topliss-reactive ketones (excluding diaryl/α,β-unsaturated/α-hetero) is 1. The van der Waals surface area contributed by atoms with E-state index in [0.29, 0.717) is 17.8 Å². The number of aromatic nitrogens is 2. The number of H-pyrrole nitrogens is 2. The van der Waals surface area contributed by atoms with Gasteiger partial charge in [0.25, 0.3) is 5.91 Å². The summed E-state index contributed by atoms with van der Waals surface area (Å²) in [6, 6.07) is 7.75. The second-order valence-corrected chi connectivity index (χ2v) is 8.55. The summed E-state index contributed by atoms with van der Waals surface area (Å²) in [5.74, 6) is 0.869. The van der Waals surface area contributed by atoms with Gasteiger partial charge in [0.2, 0.25) is 0 Å². The number of hydrogen-bond donors (Lipinski definition) is 2. The van der Waals surface area contributed by atoms with E-state index in [-0.39, 0.29) is 11.7 Å². The third-order valence-electron chi connectivity index (χ3n) is 6.52. The van der Waals surface area contributed by atoms with Crippen molar-refractivity contribution >= 4 is 28.2 Å². The van der Waals surface area contributed by atoms with Crippen molar-refractivity contribution in [2.24, 2.45) is 0 Å². The lowest BCUT2D eigenvalue weighted by atomic mass is 9.98. The topological polar surface area (TPSA) is 81.4 Å². The maximum Gasteiger partial charge on any atom is 0.270 e. The third kappa shape index (κ3) is 3.96. The van der Waals surface area contributed by atoms with Gasteiger partial charge in [0.15, 0.2) is 5.78 Å². The van der Waals surface area contributed by atoms with E-state index in [0.717, 1.165) is 62.1 Å². The first kappa shape index (κ1) is 20.6. The van der Waals surface area contributed by atoms with Crippen LogP contribution in [0.1, 0.15) is 45.7 Å². The normalized spacial score (nSPS) is 17.0. The van der Waals surface area contributed by atoms with Crippen LogP contribution in [0.5, 0.6) is 5.75 Å². The molecule has 7 nitrogen and oxygen atoms in total. The molecule has 2 aliphatic heterocycles. The molecule has 0 atom stereocenters. The predicted octanol–water partition coefficient (Wildman–Crippen LogP) is 3.71. The highest BCUT2D eigenvalue weighted by molar-refractivity contribution is 6.01. The van der Waals surface area contributed by atoms with Crippen LogP contribution in [0.3, 0.4) is 0 Å². The van der Waals surface area contributed by atoms with E-state index < -0.39 is 0 Å². The Morgan fingerprint density at radius 2 is 1.91 bits per heavy atom. The van der Waals surface area contributed by atoms with Crippen molar-refractivity contribution in [3.8, 4) is 5.75 Å². The van der Waals surface area contributed by atoms with Gasteiger partial charge in [0.1, 0.15) is 11.4 Å². The van der Waals surface area contributed by atoms with Gasteiger partial charge in [-0.05, 0) is 49.1 Å². The number of ketones is 1. The Morgan fingerprint density at radius 3 is 2.66 bits per heavy atom. The summed E-state index contributed by atoms with van der Waals surface area (Å²) in [5, 5.41) is 1.16. The predicted molar refractivity (Wildman–Crippen MR) is 124 cm³/mol. The van der Waals surface area contributed by atoms with Crippen LogP contribution in [-0.4, -0.2) is 71.3 Å². The van der Waals surface area contributed by atoms with E-state index in [1.807, 2.05) is 17.0 Å². The molecule has 1 fully saturated rings. The first-order valence-corrected chi connectivity index (χ1v) is 11.2. The molecule has 0 unspecified atom stereocenters.